The molecule has 0 aromatic heterocycles. The quantitative estimate of drug-likeness (QED) is 0.257. The largest absolute Gasteiger partial charge is 0.460 e. The van der Waals surface area contributed by atoms with Gasteiger partial charge in [-0.3, -0.25) is 19.2 Å². The summed E-state index contributed by atoms with van der Waals surface area (Å²) in [4.78, 5) is 57.5. The molecule has 0 aromatic rings. The van der Waals surface area contributed by atoms with Crippen molar-refractivity contribution < 1.29 is 33.8 Å². The van der Waals surface area contributed by atoms with Gasteiger partial charge in [0.1, 0.15) is 29.8 Å². The molecule has 2 fully saturated rings. The zero-order valence-corrected chi connectivity index (χ0v) is 24.5. The normalized spacial score (nSPS) is 35.0. The number of hydrogen-bond donors (Lipinski definition) is 2. The Labute approximate surface area is 238 Å². The highest BCUT2D eigenvalue weighted by Gasteiger charge is 2.75. The number of fused-ring (bicyclic) bond motifs is 2. The summed E-state index contributed by atoms with van der Waals surface area (Å²) in [6.45, 7) is 6.26. The van der Waals surface area contributed by atoms with Crippen molar-refractivity contribution in [1.82, 2.24) is 15.1 Å². The molecule has 11 heteroatoms. The topological polar surface area (TPSA) is 125 Å². The highest BCUT2D eigenvalue weighted by molar-refractivity contribution is 9.11. The van der Waals surface area contributed by atoms with Crippen LogP contribution in [0.15, 0.2) is 22.7 Å². The number of ether oxygens (including phenoxy) is 2. The summed E-state index contributed by atoms with van der Waals surface area (Å²) in [5, 5.41) is 13.0. The van der Waals surface area contributed by atoms with Gasteiger partial charge in [-0.25, -0.2) is 0 Å². The van der Waals surface area contributed by atoms with Gasteiger partial charge in [-0.15, -0.1) is 0 Å². The fourth-order valence-electron chi connectivity index (χ4n) is 6.23. The van der Waals surface area contributed by atoms with E-state index in [1.165, 1.54) is 4.90 Å². The molecular formula is C28H40BrN3O7. The van der Waals surface area contributed by atoms with E-state index in [4.69, 9.17) is 9.47 Å². The van der Waals surface area contributed by atoms with Crippen LogP contribution in [-0.2, 0) is 28.7 Å². The van der Waals surface area contributed by atoms with Crippen LogP contribution >= 0.6 is 15.9 Å². The number of cyclic esters (lactones) is 1. The van der Waals surface area contributed by atoms with E-state index in [9.17, 15) is 24.3 Å². The van der Waals surface area contributed by atoms with Gasteiger partial charge in [0.15, 0.2) is 0 Å². The van der Waals surface area contributed by atoms with Crippen LogP contribution in [0, 0.1) is 11.8 Å². The maximum atomic E-state index is 14.4. The van der Waals surface area contributed by atoms with Gasteiger partial charge in [-0.1, -0.05) is 54.8 Å². The second-order valence-electron chi connectivity index (χ2n) is 10.9. The summed E-state index contributed by atoms with van der Waals surface area (Å²) in [7, 11) is 0. The van der Waals surface area contributed by atoms with Crippen LogP contribution in [0.5, 0.6) is 0 Å². The SMILES string of the molecule is CCCCCN1C/C=C\CCC(=O)NC[C@@H](C)OC(=O)[C@@H]2[C@H]3O[C@@]4(C=C3Br)[C@H](C1=O)N([C@@H](CC)CO)C(=O)[C@@H]24. The number of unbranched alkanes of at least 4 members (excludes halogenated alkanes) is 2. The molecule has 0 aliphatic carbocycles. The average Bonchev–Trinajstić information content (AvgIpc) is 3.50. The standard InChI is InChI=1S/C28H40BrN3O7/c1-4-6-9-12-31-13-10-7-8-11-20(34)30-15-17(3)38-27(37)21-22-25(35)32(18(5-2)16-33)24(26(31)36)28(22)14-19(29)23(21)39-28/h7,10,14,17-18,21-24,33H,4-6,8-9,11-13,15-16H2,1-3H3,(H,30,34)/b10-7-/t17-,18+,21+,22-,23+,24+,28-/m1/s1. The van der Waals surface area contributed by atoms with Crippen LogP contribution < -0.4 is 5.32 Å². The zero-order chi connectivity index (χ0) is 28.3. The van der Waals surface area contributed by atoms with Crippen LogP contribution in [0.1, 0.15) is 59.3 Å². The van der Waals surface area contributed by atoms with E-state index in [1.54, 1.807) is 17.9 Å². The average molecular weight is 611 g/mol. The Kier molecular flexibility index (Phi) is 9.54. The van der Waals surface area contributed by atoms with Crippen LogP contribution in [-0.4, -0.2) is 94.7 Å². The number of esters is 1. The van der Waals surface area contributed by atoms with Gasteiger partial charge in [0.05, 0.1) is 25.1 Å². The molecule has 7 atom stereocenters. The van der Waals surface area contributed by atoms with E-state index in [1.807, 2.05) is 19.1 Å². The van der Waals surface area contributed by atoms with Crippen molar-refractivity contribution in [3.63, 3.8) is 0 Å². The summed E-state index contributed by atoms with van der Waals surface area (Å²) in [5.41, 5.74) is -1.36. The first-order valence-electron chi connectivity index (χ1n) is 14.1. The van der Waals surface area contributed by atoms with Crippen molar-refractivity contribution in [1.29, 1.82) is 0 Å². The minimum Gasteiger partial charge on any atom is -0.460 e. The number of likely N-dealkylation sites (tertiary alicyclic amines) is 1. The molecule has 0 aromatic carbocycles. The molecule has 4 aliphatic rings. The van der Waals surface area contributed by atoms with Crippen molar-refractivity contribution in [3.8, 4) is 0 Å². The lowest BCUT2D eigenvalue weighted by molar-refractivity contribution is -0.159. The molecule has 0 radical (unpaired) electrons. The van der Waals surface area contributed by atoms with E-state index in [0.29, 0.717) is 30.4 Å². The van der Waals surface area contributed by atoms with E-state index in [2.05, 4.69) is 28.2 Å². The Morgan fingerprint density at radius 3 is 2.64 bits per heavy atom. The Morgan fingerprint density at radius 2 is 1.95 bits per heavy atom. The van der Waals surface area contributed by atoms with Crippen molar-refractivity contribution in [2.45, 2.75) is 89.2 Å². The summed E-state index contributed by atoms with van der Waals surface area (Å²) in [6, 6.07) is -1.64. The molecule has 0 saturated carbocycles. The molecule has 4 aliphatic heterocycles. The molecule has 2 N–H and O–H groups in total. The van der Waals surface area contributed by atoms with E-state index >= 15 is 0 Å². The third-order valence-corrected chi connectivity index (χ3v) is 8.90. The van der Waals surface area contributed by atoms with Gasteiger partial charge in [0.25, 0.3) is 0 Å². The first kappa shape index (κ1) is 29.7. The van der Waals surface area contributed by atoms with E-state index in [0.717, 1.165) is 19.3 Å². The number of carbonyl (C=O) groups is 4. The second-order valence-corrected chi connectivity index (χ2v) is 11.8. The van der Waals surface area contributed by atoms with Gasteiger partial charge in [0, 0.05) is 24.0 Å². The number of halogens is 1. The third kappa shape index (κ3) is 5.54. The third-order valence-electron chi connectivity index (χ3n) is 8.22. The summed E-state index contributed by atoms with van der Waals surface area (Å²) >= 11 is 3.53. The molecule has 3 amide bonds. The Bertz CT molecular complexity index is 1030. The predicted molar refractivity (Wildman–Crippen MR) is 146 cm³/mol. The van der Waals surface area contributed by atoms with Crippen molar-refractivity contribution >= 4 is 39.6 Å². The van der Waals surface area contributed by atoms with Crippen molar-refractivity contribution in [2.75, 3.05) is 26.2 Å². The number of rotatable bonds is 7. The van der Waals surface area contributed by atoms with Gasteiger partial charge in [0.2, 0.25) is 17.7 Å². The highest BCUT2D eigenvalue weighted by atomic mass is 79.9. The first-order valence-corrected chi connectivity index (χ1v) is 14.9. The lowest BCUT2D eigenvalue weighted by Gasteiger charge is -2.38. The molecule has 4 heterocycles. The van der Waals surface area contributed by atoms with E-state index in [-0.39, 0.29) is 37.3 Å². The fraction of sp³-hybridized carbons (Fsp3) is 0.714. The lowest BCUT2D eigenvalue weighted by atomic mass is 9.74. The molecule has 0 unspecified atom stereocenters. The molecule has 216 valence electrons. The Balaban J connectivity index is 1.79. The van der Waals surface area contributed by atoms with Gasteiger partial charge < -0.3 is 29.7 Å². The molecule has 10 nitrogen and oxygen atoms in total. The molecular weight excluding hydrogens is 570 g/mol. The van der Waals surface area contributed by atoms with Crippen LogP contribution in [0.3, 0.4) is 0 Å². The smallest absolute Gasteiger partial charge is 0.313 e. The van der Waals surface area contributed by atoms with Gasteiger partial charge >= 0.3 is 5.97 Å². The van der Waals surface area contributed by atoms with Crippen LogP contribution in [0.2, 0.25) is 0 Å². The summed E-state index contributed by atoms with van der Waals surface area (Å²) < 4.78 is 12.8. The number of nitrogens with zero attached hydrogens (tertiary/aromatic N) is 2. The first-order chi connectivity index (χ1) is 18.7. The highest BCUT2D eigenvalue weighted by Crippen LogP contribution is 2.59. The van der Waals surface area contributed by atoms with Crippen LogP contribution in [0.4, 0.5) is 0 Å². The van der Waals surface area contributed by atoms with E-state index < -0.39 is 47.7 Å². The molecule has 2 saturated heterocycles. The Hall–Kier alpha value is -2.24. The number of nitrogens with one attached hydrogen (secondary N) is 1. The number of allylic oxidation sites excluding steroid dienone is 1. The number of hydrogen-bond acceptors (Lipinski definition) is 7. The van der Waals surface area contributed by atoms with Crippen LogP contribution in [0.25, 0.3) is 0 Å². The minimum absolute atomic E-state index is 0.147. The molecule has 5 bridgehead atoms. The predicted octanol–water partition coefficient (Wildman–Crippen LogP) is 2.05. The summed E-state index contributed by atoms with van der Waals surface area (Å²) in [5.74, 6) is -3.36. The van der Waals surface area contributed by atoms with Gasteiger partial charge in [-0.2, -0.15) is 0 Å². The molecule has 4 rings (SSSR count). The maximum absolute atomic E-state index is 14.4. The number of aliphatic hydroxyl groups excluding tert-OH is 1. The molecule has 1 spiro atoms. The number of carbonyl (C=O) groups excluding carboxylic acids is 4. The van der Waals surface area contributed by atoms with Crippen molar-refractivity contribution in [3.05, 3.63) is 22.7 Å². The maximum Gasteiger partial charge on any atom is 0.313 e. The van der Waals surface area contributed by atoms with Gasteiger partial charge in [-0.05, 0) is 32.3 Å². The zero-order valence-electron chi connectivity index (χ0n) is 22.9. The summed E-state index contributed by atoms with van der Waals surface area (Å²) in [6.07, 6.45) is 8.10. The minimum atomic E-state index is -1.36. The lowest BCUT2D eigenvalue weighted by Crippen LogP contribution is -2.58. The van der Waals surface area contributed by atoms with Crippen molar-refractivity contribution in [2.24, 2.45) is 11.8 Å². The fourth-order valence-corrected chi connectivity index (χ4v) is 6.96. The molecule has 39 heavy (non-hydrogen) atoms. The Morgan fingerprint density at radius 1 is 1.18 bits per heavy atom. The monoisotopic (exact) mass is 609 g/mol. The number of amides is 3. The second kappa shape index (κ2) is 12.5. The number of aliphatic hydroxyl groups is 1.